The van der Waals surface area contributed by atoms with Gasteiger partial charge in [0.1, 0.15) is 11.7 Å². The minimum absolute atomic E-state index is 0.0464. The Morgan fingerprint density at radius 2 is 1.97 bits per heavy atom. The van der Waals surface area contributed by atoms with Crippen LogP contribution in [-0.2, 0) is 4.79 Å². The van der Waals surface area contributed by atoms with Crippen LogP contribution in [0.2, 0.25) is 0 Å². The van der Waals surface area contributed by atoms with Crippen molar-refractivity contribution in [2.75, 3.05) is 29.9 Å². The molecule has 0 aliphatic carbocycles. The Hall–Kier alpha value is -3.22. The van der Waals surface area contributed by atoms with E-state index in [9.17, 15) is 4.79 Å². The van der Waals surface area contributed by atoms with Gasteiger partial charge in [0.15, 0.2) is 0 Å². The van der Waals surface area contributed by atoms with Crippen LogP contribution in [0.4, 0.5) is 11.5 Å². The summed E-state index contributed by atoms with van der Waals surface area (Å²) >= 11 is 0. The number of benzene rings is 1. The van der Waals surface area contributed by atoms with Gasteiger partial charge in [0.2, 0.25) is 5.91 Å². The van der Waals surface area contributed by atoms with E-state index in [-0.39, 0.29) is 11.8 Å². The van der Waals surface area contributed by atoms with Crippen molar-refractivity contribution >= 4 is 29.0 Å². The van der Waals surface area contributed by atoms with Gasteiger partial charge < -0.3 is 15.5 Å². The Morgan fingerprint density at radius 1 is 1.09 bits per heavy atom. The molecule has 3 aliphatic rings. The highest BCUT2D eigenvalue weighted by Crippen LogP contribution is 2.33. The first-order chi connectivity index (χ1) is 15.7. The van der Waals surface area contributed by atoms with Gasteiger partial charge >= 0.3 is 0 Å². The molecule has 2 aromatic rings. The Balaban J connectivity index is 1.32. The number of anilines is 2. The number of hydrogen-bond donors (Lipinski definition) is 2. The van der Waals surface area contributed by atoms with Crippen molar-refractivity contribution in [1.29, 1.82) is 0 Å². The number of carbonyl (C=O) groups is 1. The van der Waals surface area contributed by atoms with Crippen LogP contribution in [0.5, 0.6) is 0 Å². The molecule has 1 saturated heterocycles. The van der Waals surface area contributed by atoms with E-state index in [1.54, 1.807) is 0 Å². The Kier molecular flexibility index (Phi) is 5.88. The Morgan fingerprint density at radius 3 is 2.81 bits per heavy atom. The molecule has 2 N–H and O–H groups in total. The second-order valence-electron chi connectivity index (χ2n) is 9.04. The van der Waals surface area contributed by atoms with Gasteiger partial charge in [0.25, 0.3) is 0 Å². The third kappa shape index (κ3) is 4.38. The Labute approximate surface area is 189 Å². The zero-order valence-corrected chi connectivity index (χ0v) is 18.6. The largest absolute Gasteiger partial charge is 0.384 e. The number of amidine groups is 1. The quantitative estimate of drug-likeness (QED) is 0.773. The van der Waals surface area contributed by atoms with Gasteiger partial charge in [-0.15, -0.1) is 5.10 Å². The number of fused-ring (bicyclic) bond motifs is 1. The van der Waals surface area contributed by atoms with E-state index in [0.29, 0.717) is 18.2 Å². The summed E-state index contributed by atoms with van der Waals surface area (Å²) in [5.74, 6) is 1.90. The smallest absolute Gasteiger partial charge is 0.234 e. The standard InChI is InChI=1S/C25H30N6O/c1-17-7-6-14-31(16-17)23-12-11-20-24(28-23)19(10-5-13-26-20)25(32)27-22-15-21(29-30-22)18-8-3-2-4-9-18/h2-4,8-9,11-12,17,19,26H,5-7,10,13-16H2,1H3,(H,27,30,32). The molecule has 1 fully saturated rings. The summed E-state index contributed by atoms with van der Waals surface area (Å²) in [7, 11) is 0. The zero-order chi connectivity index (χ0) is 21.9. The van der Waals surface area contributed by atoms with Crippen molar-refractivity contribution in [3.05, 3.63) is 53.7 Å². The second-order valence-corrected chi connectivity index (χ2v) is 9.04. The molecule has 1 aromatic heterocycles. The van der Waals surface area contributed by atoms with Crippen molar-refractivity contribution in [2.45, 2.75) is 44.9 Å². The van der Waals surface area contributed by atoms with Gasteiger partial charge in [0.05, 0.1) is 29.4 Å². The number of hydrogen-bond acceptors (Lipinski definition) is 6. The van der Waals surface area contributed by atoms with Crippen molar-refractivity contribution in [1.82, 2.24) is 10.3 Å². The van der Waals surface area contributed by atoms with Crippen molar-refractivity contribution in [3.63, 3.8) is 0 Å². The van der Waals surface area contributed by atoms with E-state index in [4.69, 9.17) is 4.98 Å². The first kappa shape index (κ1) is 20.7. The van der Waals surface area contributed by atoms with Crippen LogP contribution in [0.1, 0.15) is 56.2 Å². The van der Waals surface area contributed by atoms with E-state index in [2.05, 4.69) is 44.8 Å². The van der Waals surface area contributed by atoms with E-state index in [1.807, 2.05) is 30.3 Å². The summed E-state index contributed by atoms with van der Waals surface area (Å²) in [6, 6.07) is 14.1. The van der Waals surface area contributed by atoms with E-state index >= 15 is 0 Å². The topological polar surface area (TPSA) is 82.0 Å². The molecular weight excluding hydrogens is 400 g/mol. The summed E-state index contributed by atoms with van der Waals surface area (Å²) in [6.45, 7) is 5.19. The number of amides is 1. The molecule has 0 spiro atoms. The molecule has 4 heterocycles. The maximum Gasteiger partial charge on any atom is 0.234 e. The molecular formula is C25H30N6O. The third-order valence-corrected chi connectivity index (χ3v) is 6.52. The number of piperidine rings is 1. The number of pyridine rings is 1. The molecule has 1 aromatic carbocycles. The summed E-state index contributed by atoms with van der Waals surface area (Å²) in [5, 5.41) is 15.0. The molecule has 5 rings (SSSR count). The van der Waals surface area contributed by atoms with Crippen molar-refractivity contribution in [3.8, 4) is 0 Å². The number of nitrogens with one attached hydrogen (secondary N) is 2. The molecule has 2 atom stereocenters. The summed E-state index contributed by atoms with van der Waals surface area (Å²) < 4.78 is 0. The molecule has 7 heteroatoms. The highest BCUT2D eigenvalue weighted by Gasteiger charge is 2.30. The first-order valence-corrected chi connectivity index (χ1v) is 11.7. The zero-order valence-electron chi connectivity index (χ0n) is 18.6. The van der Waals surface area contributed by atoms with E-state index in [0.717, 1.165) is 61.0 Å². The van der Waals surface area contributed by atoms with Crippen LogP contribution in [0.3, 0.4) is 0 Å². The van der Waals surface area contributed by atoms with Crippen molar-refractivity contribution in [2.24, 2.45) is 16.1 Å². The fraction of sp³-hybridized carbons (Fsp3) is 0.440. The first-order valence-electron chi connectivity index (χ1n) is 11.7. The fourth-order valence-electron chi connectivity index (χ4n) is 4.81. The number of rotatable bonds is 3. The van der Waals surface area contributed by atoms with Gasteiger partial charge in [-0.3, -0.25) is 4.79 Å². The second kappa shape index (κ2) is 9.10. The SMILES string of the molecule is CC1CCCN(c2ccc3c(n2)C(C(=O)NC2=NN=C(c4ccccc4)C2)CCCN3)C1. The lowest BCUT2D eigenvalue weighted by molar-refractivity contribution is -0.121. The predicted molar refractivity (Wildman–Crippen MR) is 128 cm³/mol. The van der Waals surface area contributed by atoms with Gasteiger partial charge in [-0.05, 0) is 49.3 Å². The van der Waals surface area contributed by atoms with Gasteiger partial charge in [0, 0.05) is 19.6 Å². The third-order valence-electron chi connectivity index (χ3n) is 6.52. The monoisotopic (exact) mass is 430 g/mol. The fourth-order valence-corrected chi connectivity index (χ4v) is 4.81. The summed E-state index contributed by atoms with van der Waals surface area (Å²) in [6.07, 6.45) is 4.67. The van der Waals surface area contributed by atoms with E-state index in [1.165, 1.54) is 12.8 Å². The maximum absolute atomic E-state index is 13.3. The van der Waals surface area contributed by atoms with Gasteiger partial charge in [-0.2, -0.15) is 5.10 Å². The molecule has 0 bridgehead atoms. The van der Waals surface area contributed by atoms with Gasteiger partial charge in [-0.25, -0.2) is 4.98 Å². The van der Waals surface area contributed by atoms with Crippen LogP contribution >= 0.6 is 0 Å². The molecule has 7 nitrogen and oxygen atoms in total. The Bertz CT molecular complexity index is 1050. The molecule has 1 amide bonds. The van der Waals surface area contributed by atoms with Crippen LogP contribution in [0.25, 0.3) is 0 Å². The lowest BCUT2D eigenvalue weighted by Crippen LogP contribution is -2.36. The summed E-state index contributed by atoms with van der Waals surface area (Å²) in [4.78, 5) is 20.7. The van der Waals surface area contributed by atoms with E-state index < -0.39 is 0 Å². The average Bonchev–Trinajstić information content (AvgIpc) is 3.17. The number of carbonyl (C=O) groups excluding carboxylic acids is 1. The number of aromatic nitrogens is 1. The lowest BCUT2D eigenvalue weighted by Gasteiger charge is -2.32. The van der Waals surface area contributed by atoms with Crippen LogP contribution in [0.15, 0.2) is 52.7 Å². The average molecular weight is 431 g/mol. The maximum atomic E-state index is 13.3. The predicted octanol–water partition coefficient (Wildman–Crippen LogP) is 3.93. The molecule has 2 unspecified atom stereocenters. The van der Waals surface area contributed by atoms with Crippen molar-refractivity contribution < 1.29 is 4.79 Å². The lowest BCUT2D eigenvalue weighted by atomic mass is 9.97. The van der Waals surface area contributed by atoms with Gasteiger partial charge in [-0.1, -0.05) is 37.3 Å². The molecule has 0 radical (unpaired) electrons. The van der Waals surface area contributed by atoms with Crippen LogP contribution < -0.4 is 15.5 Å². The molecule has 32 heavy (non-hydrogen) atoms. The summed E-state index contributed by atoms with van der Waals surface area (Å²) in [5.41, 5.74) is 3.72. The molecule has 166 valence electrons. The minimum atomic E-state index is -0.300. The highest BCUT2D eigenvalue weighted by atomic mass is 16.2. The van der Waals surface area contributed by atoms with Crippen LogP contribution in [0, 0.1) is 5.92 Å². The minimum Gasteiger partial charge on any atom is -0.384 e. The normalized spacial score (nSPS) is 22.8. The number of nitrogens with zero attached hydrogens (tertiary/aromatic N) is 4. The highest BCUT2D eigenvalue weighted by molar-refractivity contribution is 6.17. The molecule has 3 aliphatic heterocycles. The van der Waals surface area contributed by atoms with Crippen LogP contribution in [-0.4, -0.2) is 42.1 Å². The molecule has 0 saturated carbocycles.